The Morgan fingerprint density at radius 3 is 3.05 bits per heavy atom. The van der Waals surface area contributed by atoms with E-state index in [1.807, 2.05) is 0 Å². The second kappa shape index (κ2) is 7.29. The van der Waals surface area contributed by atoms with E-state index in [1.54, 1.807) is 12.3 Å². The second-order valence-corrected chi connectivity index (χ2v) is 5.75. The average Bonchev–Trinajstić information content (AvgIpc) is 2.41. The number of halogens is 2. The number of nitrogens with one attached hydrogen (secondary N) is 1. The SMILES string of the molecule is OC[C@H]1CCCN(CCNc2ncc(Cl)cc2Cl)C1. The van der Waals surface area contributed by atoms with Crippen molar-refractivity contribution in [2.75, 3.05) is 38.1 Å². The van der Waals surface area contributed by atoms with Gasteiger partial charge >= 0.3 is 0 Å². The summed E-state index contributed by atoms with van der Waals surface area (Å²) in [6.07, 6.45) is 3.87. The molecule has 0 saturated carbocycles. The van der Waals surface area contributed by atoms with Crippen molar-refractivity contribution in [3.63, 3.8) is 0 Å². The van der Waals surface area contributed by atoms with Crippen LogP contribution in [0.1, 0.15) is 12.8 Å². The predicted molar refractivity (Wildman–Crippen MR) is 79.0 cm³/mol. The third-order valence-electron chi connectivity index (χ3n) is 3.39. The number of aliphatic hydroxyl groups is 1. The number of aliphatic hydroxyl groups excluding tert-OH is 1. The highest BCUT2D eigenvalue weighted by molar-refractivity contribution is 6.35. The Kier molecular flexibility index (Phi) is 5.70. The maximum atomic E-state index is 9.19. The Bertz CT molecular complexity index is 417. The van der Waals surface area contributed by atoms with E-state index < -0.39 is 0 Å². The molecule has 0 radical (unpaired) electrons. The van der Waals surface area contributed by atoms with Gasteiger partial charge in [0, 0.05) is 32.4 Å². The monoisotopic (exact) mass is 303 g/mol. The van der Waals surface area contributed by atoms with Gasteiger partial charge in [0.25, 0.3) is 0 Å². The van der Waals surface area contributed by atoms with Gasteiger partial charge in [-0.1, -0.05) is 23.2 Å². The lowest BCUT2D eigenvalue weighted by atomic mass is 9.99. The van der Waals surface area contributed by atoms with E-state index in [0.29, 0.717) is 21.8 Å². The fourth-order valence-electron chi connectivity index (χ4n) is 2.38. The highest BCUT2D eigenvalue weighted by atomic mass is 35.5. The van der Waals surface area contributed by atoms with Gasteiger partial charge in [-0.15, -0.1) is 0 Å². The summed E-state index contributed by atoms with van der Waals surface area (Å²) >= 11 is 11.8. The van der Waals surface area contributed by atoms with Gasteiger partial charge in [-0.3, -0.25) is 0 Å². The molecule has 0 amide bonds. The maximum absolute atomic E-state index is 9.19. The number of hydrogen-bond donors (Lipinski definition) is 2. The molecule has 0 aromatic carbocycles. The number of pyridine rings is 1. The van der Waals surface area contributed by atoms with Crippen LogP contribution in [0.2, 0.25) is 10.0 Å². The molecule has 1 fully saturated rings. The molecule has 1 aromatic rings. The van der Waals surface area contributed by atoms with E-state index in [2.05, 4.69) is 15.2 Å². The molecule has 2 N–H and O–H groups in total. The van der Waals surface area contributed by atoms with Gasteiger partial charge in [-0.05, 0) is 31.4 Å². The summed E-state index contributed by atoms with van der Waals surface area (Å²) in [7, 11) is 0. The zero-order valence-electron chi connectivity index (χ0n) is 10.8. The summed E-state index contributed by atoms with van der Waals surface area (Å²) in [6, 6.07) is 1.68. The molecule has 19 heavy (non-hydrogen) atoms. The van der Waals surface area contributed by atoms with Crippen molar-refractivity contribution in [3.8, 4) is 0 Å². The van der Waals surface area contributed by atoms with Crippen LogP contribution in [-0.2, 0) is 0 Å². The van der Waals surface area contributed by atoms with Crippen LogP contribution in [0, 0.1) is 5.92 Å². The van der Waals surface area contributed by atoms with Crippen LogP contribution >= 0.6 is 23.2 Å². The summed E-state index contributed by atoms with van der Waals surface area (Å²) in [5.41, 5.74) is 0. The van der Waals surface area contributed by atoms with Crippen LogP contribution in [0.4, 0.5) is 5.82 Å². The summed E-state index contributed by atoms with van der Waals surface area (Å²) in [5.74, 6) is 1.09. The van der Waals surface area contributed by atoms with Gasteiger partial charge in [-0.2, -0.15) is 0 Å². The standard InChI is InChI=1S/C13H19Cl2N3O/c14-11-6-12(15)13(17-7-11)16-3-5-18-4-1-2-10(8-18)9-19/h6-7,10,19H,1-5,8-9H2,(H,16,17)/t10-/m0/s1. The van der Waals surface area contributed by atoms with Crippen molar-refractivity contribution in [1.29, 1.82) is 0 Å². The van der Waals surface area contributed by atoms with Crippen LogP contribution in [0.3, 0.4) is 0 Å². The molecule has 2 rings (SSSR count). The Morgan fingerprint density at radius 1 is 1.47 bits per heavy atom. The molecule has 1 aromatic heterocycles. The lowest BCUT2D eigenvalue weighted by molar-refractivity contribution is 0.123. The maximum Gasteiger partial charge on any atom is 0.144 e. The molecule has 4 nitrogen and oxygen atoms in total. The van der Waals surface area contributed by atoms with Crippen LogP contribution in [0.15, 0.2) is 12.3 Å². The molecular formula is C13H19Cl2N3O. The van der Waals surface area contributed by atoms with Crippen LogP contribution in [-0.4, -0.2) is 47.8 Å². The molecule has 2 heterocycles. The van der Waals surface area contributed by atoms with Crippen LogP contribution in [0.25, 0.3) is 0 Å². The van der Waals surface area contributed by atoms with Gasteiger partial charge in [-0.25, -0.2) is 4.98 Å². The fraction of sp³-hybridized carbons (Fsp3) is 0.615. The molecule has 1 aliphatic rings. The normalized spacial score (nSPS) is 20.5. The van der Waals surface area contributed by atoms with Crippen molar-refractivity contribution >= 4 is 29.0 Å². The van der Waals surface area contributed by atoms with Crippen molar-refractivity contribution in [1.82, 2.24) is 9.88 Å². The van der Waals surface area contributed by atoms with E-state index >= 15 is 0 Å². The minimum absolute atomic E-state index is 0.286. The van der Waals surface area contributed by atoms with Crippen LogP contribution < -0.4 is 5.32 Å². The molecule has 1 atom stereocenters. The van der Waals surface area contributed by atoms with E-state index in [0.717, 1.165) is 39.0 Å². The number of nitrogens with zero attached hydrogens (tertiary/aromatic N) is 2. The Morgan fingerprint density at radius 2 is 2.32 bits per heavy atom. The Hall–Kier alpha value is -0.550. The Labute approximate surface area is 123 Å². The molecule has 0 bridgehead atoms. The minimum atomic E-state index is 0.286. The highest BCUT2D eigenvalue weighted by Gasteiger charge is 2.18. The summed E-state index contributed by atoms with van der Waals surface area (Å²) in [5, 5.41) is 13.5. The summed E-state index contributed by atoms with van der Waals surface area (Å²) in [4.78, 5) is 6.52. The quantitative estimate of drug-likeness (QED) is 0.877. The minimum Gasteiger partial charge on any atom is -0.396 e. The van der Waals surface area contributed by atoms with Crippen molar-refractivity contribution in [2.45, 2.75) is 12.8 Å². The fourth-order valence-corrected chi connectivity index (χ4v) is 2.83. The molecule has 106 valence electrons. The molecule has 0 unspecified atom stereocenters. The number of rotatable bonds is 5. The van der Waals surface area contributed by atoms with Crippen LogP contribution in [0.5, 0.6) is 0 Å². The third-order valence-corrected chi connectivity index (χ3v) is 3.88. The lowest BCUT2D eigenvalue weighted by Gasteiger charge is -2.31. The number of aromatic nitrogens is 1. The van der Waals surface area contributed by atoms with E-state index in [9.17, 15) is 5.11 Å². The van der Waals surface area contributed by atoms with Gasteiger partial charge in [0.1, 0.15) is 5.82 Å². The molecule has 6 heteroatoms. The predicted octanol–water partition coefficient (Wildman–Crippen LogP) is 2.50. The van der Waals surface area contributed by atoms with E-state index in [4.69, 9.17) is 23.2 Å². The largest absolute Gasteiger partial charge is 0.396 e. The first kappa shape index (κ1) is 14.9. The van der Waals surface area contributed by atoms with E-state index in [1.165, 1.54) is 0 Å². The number of likely N-dealkylation sites (tertiary alicyclic amines) is 1. The molecular weight excluding hydrogens is 285 g/mol. The van der Waals surface area contributed by atoms with Gasteiger partial charge in [0.2, 0.25) is 0 Å². The van der Waals surface area contributed by atoms with Gasteiger partial charge < -0.3 is 15.3 Å². The third kappa shape index (κ3) is 4.49. The zero-order chi connectivity index (χ0) is 13.7. The summed E-state index contributed by atoms with van der Waals surface area (Å²) in [6.45, 7) is 4.07. The van der Waals surface area contributed by atoms with Gasteiger partial charge in [0.15, 0.2) is 0 Å². The average molecular weight is 304 g/mol. The van der Waals surface area contributed by atoms with Gasteiger partial charge in [0.05, 0.1) is 10.0 Å². The van der Waals surface area contributed by atoms with Crippen molar-refractivity contribution in [2.24, 2.45) is 5.92 Å². The molecule has 0 aliphatic carbocycles. The lowest BCUT2D eigenvalue weighted by Crippen LogP contribution is -2.39. The first-order valence-corrected chi connectivity index (χ1v) is 7.32. The first-order valence-electron chi connectivity index (χ1n) is 6.57. The number of hydrogen-bond acceptors (Lipinski definition) is 4. The summed E-state index contributed by atoms with van der Waals surface area (Å²) < 4.78 is 0. The molecule has 1 aliphatic heterocycles. The topological polar surface area (TPSA) is 48.4 Å². The number of piperidine rings is 1. The van der Waals surface area contributed by atoms with Crippen molar-refractivity contribution in [3.05, 3.63) is 22.3 Å². The molecule has 0 spiro atoms. The zero-order valence-corrected chi connectivity index (χ0v) is 12.3. The Balaban J connectivity index is 1.76. The second-order valence-electron chi connectivity index (χ2n) is 4.90. The smallest absolute Gasteiger partial charge is 0.144 e. The van der Waals surface area contributed by atoms with E-state index in [-0.39, 0.29) is 6.61 Å². The number of anilines is 1. The molecule has 1 saturated heterocycles. The highest BCUT2D eigenvalue weighted by Crippen LogP contribution is 2.22. The van der Waals surface area contributed by atoms with Crippen molar-refractivity contribution < 1.29 is 5.11 Å². The first-order chi connectivity index (χ1) is 9.19.